The predicted octanol–water partition coefficient (Wildman–Crippen LogP) is 1.00. The van der Waals surface area contributed by atoms with Crippen LogP contribution in [-0.2, 0) is 4.79 Å². The van der Waals surface area contributed by atoms with Gasteiger partial charge < -0.3 is 14.6 Å². The third kappa shape index (κ3) is 2.72. The van der Waals surface area contributed by atoms with Crippen LogP contribution in [0.2, 0.25) is 0 Å². The lowest BCUT2D eigenvalue weighted by Gasteiger charge is -2.11. The third-order valence-corrected chi connectivity index (χ3v) is 3.86. The Bertz CT molecular complexity index is 796. The molecule has 1 aromatic carbocycles. The van der Waals surface area contributed by atoms with Crippen molar-refractivity contribution in [1.29, 1.82) is 0 Å². The summed E-state index contributed by atoms with van der Waals surface area (Å²) in [5.41, 5.74) is -0.223. The first kappa shape index (κ1) is 14.3. The summed E-state index contributed by atoms with van der Waals surface area (Å²) in [6.07, 6.45) is 0.420. The molecule has 0 aliphatic carbocycles. The Balaban J connectivity index is 1.74. The minimum Gasteiger partial charge on any atom is -0.422 e. The first-order chi connectivity index (χ1) is 10.5. The Kier molecular flexibility index (Phi) is 3.66. The Morgan fingerprint density at radius 1 is 1.36 bits per heavy atom. The van der Waals surface area contributed by atoms with Gasteiger partial charge in [0.15, 0.2) is 0 Å². The van der Waals surface area contributed by atoms with E-state index in [-0.39, 0.29) is 17.4 Å². The fourth-order valence-corrected chi connectivity index (χ4v) is 2.65. The summed E-state index contributed by atoms with van der Waals surface area (Å²) >= 11 is 0. The second-order valence-corrected chi connectivity index (χ2v) is 5.54. The molecule has 0 spiro atoms. The molecule has 1 saturated heterocycles. The lowest BCUT2D eigenvalue weighted by atomic mass is 10.1. The molecular formula is C16H16N2O4. The van der Waals surface area contributed by atoms with Gasteiger partial charge in [-0.2, -0.15) is 0 Å². The van der Waals surface area contributed by atoms with Crippen molar-refractivity contribution >= 4 is 22.8 Å². The largest absolute Gasteiger partial charge is 0.422 e. The minimum absolute atomic E-state index is 0.0172. The van der Waals surface area contributed by atoms with Crippen LogP contribution in [0.3, 0.4) is 0 Å². The van der Waals surface area contributed by atoms with Gasteiger partial charge in [0.05, 0.1) is 0 Å². The SMILES string of the molecule is CN1CC(CNC(=O)c2cc3ccccc3oc2=O)CC1=O. The van der Waals surface area contributed by atoms with Crippen LogP contribution in [0.4, 0.5) is 0 Å². The molecule has 6 heteroatoms. The number of benzene rings is 1. The van der Waals surface area contributed by atoms with Crippen LogP contribution in [0.5, 0.6) is 0 Å². The third-order valence-electron chi connectivity index (χ3n) is 3.86. The van der Waals surface area contributed by atoms with E-state index >= 15 is 0 Å². The normalized spacial score (nSPS) is 18.0. The topological polar surface area (TPSA) is 79.6 Å². The number of nitrogens with one attached hydrogen (secondary N) is 1. The van der Waals surface area contributed by atoms with Gasteiger partial charge in [0, 0.05) is 37.9 Å². The van der Waals surface area contributed by atoms with Gasteiger partial charge in [0.1, 0.15) is 11.1 Å². The molecule has 114 valence electrons. The van der Waals surface area contributed by atoms with Gasteiger partial charge in [-0.3, -0.25) is 9.59 Å². The Labute approximate surface area is 126 Å². The zero-order chi connectivity index (χ0) is 15.7. The summed E-state index contributed by atoms with van der Waals surface area (Å²) in [6.45, 7) is 0.979. The van der Waals surface area contributed by atoms with Gasteiger partial charge in [0.2, 0.25) is 5.91 Å². The average Bonchev–Trinajstić information content (AvgIpc) is 2.82. The van der Waals surface area contributed by atoms with Crippen molar-refractivity contribution in [3.63, 3.8) is 0 Å². The number of nitrogens with zero attached hydrogens (tertiary/aromatic N) is 1. The number of para-hydroxylation sites is 1. The summed E-state index contributed by atoms with van der Waals surface area (Å²) in [5.74, 6) is -0.320. The molecule has 1 aliphatic heterocycles. The van der Waals surface area contributed by atoms with Crippen LogP contribution in [0.1, 0.15) is 16.8 Å². The smallest absolute Gasteiger partial charge is 0.349 e. The number of amides is 2. The molecule has 1 fully saturated rings. The highest BCUT2D eigenvalue weighted by molar-refractivity contribution is 5.96. The maximum atomic E-state index is 12.2. The van der Waals surface area contributed by atoms with Gasteiger partial charge in [-0.15, -0.1) is 0 Å². The van der Waals surface area contributed by atoms with Crippen molar-refractivity contribution in [2.24, 2.45) is 5.92 Å². The standard InChI is InChI=1S/C16H16N2O4/c1-18-9-10(6-14(18)19)8-17-15(20)12-7-11-4-2-3-5-13(11)22-16(12)21/h2-5,7,10H,6,8-9H2,1H3,(H,17,20). The maximum Gasteiger partial charge on any atom is 0.349 e. The quantitative estimate of drug-likeness (QED) is 0.858. The van der Waals surface area contributed by atoms with E-state index in [0.29, 0.717) is 30.5 Å². The lowest BCUT2D eigenvalue weighted by Crippen LogP contribution is -2.33. The fourth-order valence-electron chi connectivity index (χ4n) is 2.65. The van der Waals surface area contributed by atoms with Gasteiger partial charge in [-0.25, -0.2) is 4.79 Å². The maximum absolute atomic E-state index is 12.2. The highest BCUT2D eigenvalue weighted by atomic mass is 16.4. The molecular weight excluding hydrogens is 284 g/mol. The van der Waals surface area contributed by atoms with E-state index in [9.17, 15) is 14.4 Å². The number of rotatable bonds is 3. The van der Waals surface area contributed by atoms with Crippen LogP contribution in [0, 0.1) is 5.92 Å². The van der Waals surface area contributed by atoms with Crippen LogP contribution < -0.4 is 10.9 Å². The zero-order valence-electron chi connectivity index (χ0n) is 12.2. The Morgan fingerprint density at radius 3 is 2.86 bits per heavy atom. The Morgan fingerprint density at radius 2 is 2.14 bits per heavy atom. The molecule has 1 atom stereocenters. The minimum atomic E-state index is -0.657. The number of fused-ring (bicyclic) bond motifs is 1. The van der Waals surface area contributed by atoms with Gasteiger partial charge in [-0.05, 0) is 12.1 Å². The number of carbonyl (C=O) groups is 2. The number of likely N-dealkylation sites (tertiary alicyclic amines) is 1. The summed E-state index contributed by atoms with van der Waals surface area (Å²) < 4.78 is 5.14. The van der Waals surface area contributed by atoms with E-state index in [1.54, 1.807) is 30.1 Å². The van der Waals surface area contributed by atoms with Crippen molar-refractivity contribution in [3.8, 4) is 0 Å². The first-order valence-electron chi connectivity index (χ1n) is 7.09. The molecule has 1 aliphatic rings. The molecule has 1 aromatic heterocycles. The molecule has 22 heavy (non-hydrogen) atoms. The van der Waals surface area contributed by atoms with Crippen LogP contribution in [-0.4, -0.2) is 36.9 Å². The van der Waals surface area contributed by atoms with Gasteiger partial charge in [0.25, 0.3) is 5.91 Å². The van der Waals surface area contributed by atoms with E-state index < -0.39 is 11.5 Å². The van der Waals surface area contributed by atoms with Gasteiger partial charge >= 0.3 is 5.63 Å². The molecule has 3 rings (SSSR count). The van der Waals surface area contributed by atoms with Crippen LogP contribution in [0.25, 0.3) is 11.0 Å². The fraction of sp³-hybridized carbons (Fsp3) is 0.312. The van der Waals surface area contributed by atoms with Crippen molar-refractivity contribution in [2.45, 2.75) is 6.42 Å². The van der Waals surface area contributed by atoms with Crippen LogP contribution in [0.15, 0.2) is 39.5 Å². The summed E-state index contributed by atoms with van der Waals surface area (Å²) in [7, 11) is 1.74. The molecule has 0 saturated carbocycles. The summed E-state index contributed by atoms with van der Waals surface area (Å²) in [6, 6.07) is 8.56. The molecule has 1 N–H and O–H groups in total. The first-order valence-corrected chi connectivity index (χ1v) is 7.09. The van der Waals surface area contributed by atoms with Crippen molar-refractivity contribution in [1.82, 2.24) is 10.2 Å². The second kappa shape index (κ2) is 5.63. The summed E-state index contributed by atoms with van der Waals surface area (Å²) in [4.78, 5) is 37.1. The molecule has 0 radical (unpaired) electrons. The zero-order valence-corrected chi connectivity index (χ0v) is 12.2. The molecule has 2 amide bonds. The van der Waals surface area contributed by atoms with Crippen molar-refractivity contribution in [3.05, 3.63) is 46.3 Å². The van der Waals surface area contributed by atoms with Crippen molar-refractivity contribution < 1.29 is 14.0 Å². The molecule has 0 bridgehead atoms. The highest BCUT2D eigenvalue weighted by Gasteiger charge is 2.27. The van der Waals surface area contributed by atoms with E-state index in [2.05, 4.69) is 5.32 Å². The predicted molar refractivity (Wildman–Crippen MR) is 80.6 cm³/mol. The lowest BCUT2D eigenvalue weighted by molar-refractivity contribution is -0.126. The Hall–Kier alpha value is -2.63. The van der Waals surface area contributed by atoms with Crippen LogP contribution >= 0.6 is 0 Å². The monoisotopic (exact) mass is 300 g/mol. The molecule has 6 nitrogen and oxygen atoms in total. The average molecular weight is 300 g/mol. The van der Waals surface area contributed by atoms with E-state index in [4.69, 9.17) is 4.42 Å². The van der Waals surface area contributed by atoms with E-state index in [1.165, 1.54) is 6.07 Å². The molecule has 1 unspecified atom stereocenters. The molecule has 2 aromatic rings. The van der Waals surface area contributed by atoms with E-state index in [0.717, 1.165) is 0 Å². The van der Waals surface area contributed by atoms with Crippen molar-refractivity contribution in [2.75, 3.05) is 20.1 Å². The summed E-state index contributed by atoms with van der Waals surface area (Å²) in [5, 5.41) is 3.41. The number of hydrogen-bond acceptors (Lipinski definition) is 4. The second-order valence-electron chi connectivity index (χ2n) is 5.54. The number of hydrogen-bond donors (Lipinski definition) is 1. The van der Waals surface area contributed by atoms with Gasteiger partial charge in [-0.1, -0.05) is 18.2 Å². The highest BCUT2D eigenvalue weighted by Crippen LogP contribution is 2.15. The number of carbonyl (C=O) groups excluding carboxylic acids is 2. The molecule has 2 heterocycles. The van der Waals surface area contributed by atoms with E-state index in [1.807, 2.05) is 6.07 Å².